The summed E-state index contributed by atoms with van der Waals surface area (Å²) in [7, 11) is 0. The standard InChI is InChI=1S/C24H24N2O4/c1-3-29-21-11-10-20(16-22(21)30-4-2)25-23(27)17-26-14-12-19(13-15-26)24(28)18-8-6-5-7-9-18/h5-16H,3-4,17H2,1-2H3/p+1. The molecule has 0 aliphatic carbocycles. The molecule has 0 saturated heterocycles. The predicted octanol–water partition coefficient (Wildman–Crippen LogP) is 3.64. The quantitative estimate of drug-likeness (QED) is 0.436. The summed E-state index contributed by atoms with van der Waals surface area (Å²) in [6.45, 7) is 4.95. The van der Waals surface area contributed by atoms with Crippen LogP contribution in [0.5, 0.6) is 11.5 Å². The van der Waals surface area contributed by atoms with E-state index in [2.05, 4.69) is 5.32 Å². The molecular weight excluding hydrogens is 380 g/mol. The van der Waals surface area contributed by atoms with Crippen LogP contribution in [0.2, 0.25) is 0 Å². The fourth-order valence-corrected chi connectivity index (χ4v) is 2.97. The van der Waals surface area contributed by atoms with Crippen LogP contribution < -0.4 is 19.4 Å². The molecule has 0 saturated carbocycles. The highest BCUT2D eigenvalue weighted by Crippen LogP contribution is 2.30. The highest BCUT2D eigenvalue weighted by atomic mass is 16.5. The largest absolute Gasteiger partial charge is 0.490 e. The number of hydrogen-bond acceptors (Lipinski definition) is 4. The number of nitrogens with one attached hydrogen (secondary N) is 1. The van der Waals surface area contributed by atoms with E-state index in [9.17, 15) is 9.59 Å². The van der Waals surface area contributed by atoms with Crippen LogP contribution in [0.1, 0.15) is 29.8 Å². The molecule has 0 bridgehead atoms. The van der Waals surface area contributed by atoms with Gasteiger partial charge in [0.2, 0.25) is 6.54 Å². The van der Waals surface area contributed by atoms with Crippen molar-refractivity contribution in [1.29, 1.82) is 0 Å². The number of amides is 1. The average Bonchev–Trinajstić information content (AvgIpc) is 2.76. The number of aromatic nitrogens is 1. The summed E-state index contributed by atoms with van der Waals surface area (Å²) in [6, 6.07) is 17.8. The zero-order chi connectivity index (χ0) is 21.3. The van der Waals surface area contributed by atoms with E-state index >= 15 is 0 Å². The topological polar surface area (TPSA) is 68.5 Å². The monoisotopic (exact) mass is 405 g/mol. The number of nitrogens with zero attached hydrogens (tertiary/aromatic N) is 1. The molecule has 1 heterocycles. The molecule has 1 N–H and O–H groups in total. The van der Waals surface area contributed by atoms with Crippen molar-refractivity contribution in [3.05, 3.63) is 84.2 Å². The Kier molecular flexibility index (Phi) is 7.16. The maximum atomic E-state index is 12.5. The number of carbonyl (C=O) groups is 2. The van der Waals surface area contributed by atoms with Gasteiger partial charge in [0.1, 0.15) is 0 Å². The van der Waals surface area contributed by atoms with Crippen LogP contribution in [0.3, 0.4) is 0 Å². The van der Waals surface area contributed by atoms with Gasteiger partial charge < -0.3 is 14.8 Å². The van der Waals surface area contributed by atoms with Gasteiger partial charge in [-0.3, -0.25) is 9.59 Å². The summed E-state index contributed by atoms with van der Waals surface area (Å²) in [5, 5.41) is 2.86. The molecular formula is C24H25N2O4+. The summed E-state index contributed by atoms with van der Waals surface area (Å²) in [6.07, 6.45) is 3.44. The number of anilines is 1. The molecule has 0 spiro atoms. The van der Waals surface area contributed by atoms with Crippen LogP contribution in [0.25, 0.3) is 0 Å². The Labute approximate surface area is 176 Å². The Balaban J connectivity index is 1.63. The lowest BCUT2D eigenvalue weighted by Gasteiger charge is -2.12. The minimum atomic E-state index is -0.186. The second kappa shape index (κ2) is 10.2. The van der Waals surface area contributed by atoms with Gasteiger partial charge in [-0.1, -0.05) is 30.3 Å². The molecule has 0 aliphatic heterocycles. The van der Waals surface area contributed by atoms with E-state index < -0.39 is 0 Å². The number of pyridine rings is 1. The van der Waals surface area contributed by atoms with Gasteiger partial charge in [0.25, 0.3) is 5.91 Å². The van der Waals surface area contributed by atoms with Crippen LogP contribution >= 0.6 is 0 Å². The summed E-state index contributed by atoms with van der Waals surface area (Å²) >= 11 is 0. The molecule has 6 heteroatoms. The van der Waals surface area contributed by atoms with Gasteiger partial charge in [0.15, 0.2) is 29.7 Å². The lowest BCUT2D eigenvalue weighted by Crippen LogP contribution is -2.39. The SMILES string of the molecule is CCOc1ccc(NC(=O)C[n+]2ccc(C(=O)c3ccccc3)cc2)cc1OCC. The lowest BCUT2D eigenvalue weighted by atomic mass is 10.0. The first-order valence-electron chi connectivity index (χ1n) is 9.89. The molecule has 0 fully saturated rings. The van der Waals surface area contributed by atoms with E-state index in [-0.39, 0.29) is 18.2 Å². The normalized spacial score (nSPS) is 10.3. The van der Waals surface area contributed by atoms with Gasteiger partial charge in [0, 0.05) is 35.0 Å². The van der Waals surface area contributed by atoms with E-state index in [0.29, 0.717) is 41.5 Å². The van der Waals surface area contributed by atoms with Crippen molar-refractivity contribution in [1.82, 2.24) is 0 Å². The maximum absolute atomic E-state index is 12.5. The number of rotatable bonds is 9. The van der Waals surface area contributed by atoms with E-state index in [1.165, 1.54) is 0 Å². The second-order valence-corrected chi connectivity index (χ2v) is 6.53. The first-order chi connectivity index (χ1) is 14.6. The van der Waals surface area contributed by atoms with Gasteiger partial charge in [-0.2, -0.15) is 4.57 Å². The second-order valence-electron chi connectivity index (χ2n) is 6.53. The Hall–Kier alpha value is -3.67. The number of hydrogen-bond donors (Lipinski definition) is 1. The molecule has 30 heavy (non-hydrogen) atoms. The predicted molar refractivity (Wildman–Crippen MR) is 114 cm³/mol. The van der Waals surface area contributed by atoms with Gasteiger partial charge in [0.05, 0.1) is 13.2 Å². The molecule has 3 aromatic rings. The first-order valence-corrected chi connectivity index (χ1v) is 9.89. The summed E-state index contributed by atoms with van der Waals surface area (Å²) in [4.78, 5) is 24.9. The van der Waals surface area contributed by atoms with E-state index in [1.54, 1.807) is 59.4 Å². The van der Waals surface area contributed by atoms with Crippen LogP contribution in [0.4, 0.5) is 5.69 Å². The molecule has 0 radical (unpaired) electrons. The van der Waals surface area contributed by atoms with Crippen molar-refractivity contribution in [3.63, 3.8) is 0 Å². The van der Waals surface area contributed by atoms with Crippen LogP contribution in [0.15, 0.2) is 73.1 Å². The lowest BCUT2D eigenvalue weighted by molar-refractivity contribution is -0.684. The van der Waals surface area contributed by atoms with E-state index in [0.717, 1.165) is 0 Å². The average molecular weight is 405 g/mol. The molecule has 0 atom stereocenters. The molecule has 154 valence electrons. The summed E-state index contributed by atoms with van der Waals surface area (Å²) in [5.74, 6) is 0.998. The third kappa shape index (κ3) is 5.44. The van der Waals surface area contributed by atoms with E-state index in [4.69, 9.17) is 9.47 Å². The van der Waals surface area contributed by atoms with Crippen molar-refractivity contribution in [2.24, 2.45) is 0 Å². The Morgan fingerprint density at radius 1 is 0.833 bits per heavy atom. The number of ether oxygens (including phenoxy) is 2. The highest BCUT2D eigenvalue weighted by Gasteiger charge is 2.14. The van der Waals surface area contributed by atoms with Gasteiger partial charge in [-0.15, -0.1) is 0 Å². The van der Waals surface area contributed by atoms with Crippen molar-refractivity contribution in [2.45, 2.75) is 20.4 Å². The maximum Gasteiger partial charge on any atom is 0.290 e. The van der Waals surface area contributed by atoms with Gasteiger partial charge >= 0.3 is 0 Å². The Morgan fingerprint density at radius 3 is 2.13 bits per heavy atom. The molecule has 2 aromatic carbocycles. The number of benzene rings is 2. The smallest absolute Gasteiger partial charge is 0.290 e. The number of ketones is 1. The molecule has 6 nitrogen and oxygen atoms in total. The van der Waals surface area contributed by atoms with Gasteiger partial charge in [-0.05, 0) is 26.0 Å². The Bertz CT molecular complexity index is 1000. The fraction of sp³-hybridized carbons (Fsp3) is 0.208. The molecule has 0 unspecified atom stereocenters. The summed E-state index contributed by atoms with van der Waals surface area (Å²) < 4.78 is 12.8. The minimum absolute atomic E-state index is 0.0509. The molecule has 0 aliphatic rings. The highest BCUT2D eigenvalue weighted by molar-refractivity contribution is 6.08. The zero-order valence-corrected chi connectivity index (χ0v) is 17.1. The first kappa shape index (κ1) is 21.0. The third-order valence-corrected chi connectivity index (χ3v) is 4.34. The molecule has 1 aromatic heterocycles. The Morgan fingerprint density at radius 2 is 1.47 bits per heavy atom. The van der Waals surface area contributed by atoms with Crippen LogP contribution in [0, 0.1) is 0 Å². The fourth-order valence-electron chi connectivity index (χ4n) is 2.97. The third-order valence-electron chi connectivity index (χ3n) is 4.34. The van der Waals surface area contributed by atoms with Crippen molar-refractivity contribution < 1.29 is 23.6 Å². The van der Waals surface area contributed by atoms with Crippen molar-refractivity contribution in [2.75, 3.05) is 18.5 Å². The van der Waals surface area contributed by atoms with E-state index in [1.807, 2.05) is 32.0 Å². The minimum Gasteiger partial charge on any atom is -0.490 e. The van der Waals surface area contributed by atoms with Crippen LogP contribution in [-0.2, 0) is 11.3 Å². The van der Waals surface area contributed by atoms with Crippen molar-refractivity contribution in [3.8, 4) is 11.5 Å². The molecule has 3 rings (SSSR count). The van der Waals surface area contributed by atoms with Crippen LogP contribution in [-0.4, -0.2) is 24.9 Å². The van der Waals surface area contributed by atoms with Gasteiger partial charge in [-0.25, -0.2) is 0 Å². The van der Waals surface area contributed by atoms with Crippen molar-refractivity contribution >= 4 is 17.4 Å². The number of carbonyl (C=O) groups excluding carboxylic acids is 2. The summed E-state index contributed by atoms with van der Waals surface area (Å²) in [5.41, 5.74) is 1.84. The zero-order valence-electron chi connectivity index (χ0n) is 17.1. The molecule has 1 amide bonds.